The third-order valence-corrected chi connectivity index (χ3v) is 2.10. The van der Waals surface area contributed by atoms with Crippen LogP contribution in [0.1, 0.15) is 12.5 Å². The van der Waals surface area contributed by atoms with Gasteiger partial charge in [-0.1, -0.05) is 18.2 Å². The fraction of sp³-hybridized carbons (Fsp3) is 0.200. The van der Waals surface area contributed by atoms with Crippen molar-refractivity contribution in [3.63, 3.8) is 0 Å². The van der Waals surface area contributed by atoms with Crippen molar-refractivity contribution in [2.24, 2.45) is 0 Å². The van der Waals surface area contributed by atoms with Crippen LogP contribution in [-0.2, 0) is 0 Å². The molecule has 1 rings (SSSR count). The summed E-state index contributed by atoms with van der Waals surface area (Å²) in [5, 5.41) is 0. The maximum atomic E-state index is 5.16. The molecule has 0 fully saturated rings. The summed E-state index contributed by atoms with van der Waals surface area (Å²) in [5.74, 6) is 1.50. The fourth-order valence-electron chi connectivity index (χ4n) is 1.04. The molecule has 0 aromatic heterocycles. The molecule has 3 heteroatoms. The SMILES string of the molecule is C/C=C/c1ccc(OI)c(OC)c1. The third-order valence-electron chi connectivity index (χ3n) is 1.63. The molecule has 0 saturated heterocycles. The van der Waals surface area contributed by atoms with Crippen molar-refractivity contribution >= 4 is 29.1 Å². The van der Waals surface area contributed by atoms with Gasteiger partial charge in [0.05, 0.1) is 7.11 Å². The van der Waals surface area contributed by atoms with Crippen LogP contribution in [0.15, 0.2) is 24.3 Å². The molecule has 0 saturated carbocycles. The Labute approximate surface area is 92.2 Å². The Morgan fingerprint density at radius 3 is 2.62 bits per heavy atom. The normalized spacial score (nSPS) is 10.4. The molecule has 0 aliphatic heterocycles. The minimum Gasteiger partial charge on any atom is -0.493 e. The summed E-state index contributed by atoms with van der Waals surface area (Å²) in [6, 6.07) is 5.81. The first-order chi connectivity index (χ1) is 6.31. The van der Waals surface area contributed by atoms with E-state index in [1.807, 2.05) is 60.3 Å². The molecule has 1 aromatic carbocycles. The van der Waals surface area contributed by atoms with E-state index in [2.05, 4.69) is 0 Å². The second-order valence-electron chi connectivity index (χ2n) is 2.49. The van der Waals surface area contributed by atoms with Crippen LogP contribution in [0.2, 0.25) is 0 Å². The number of hydrogen-bond acceptors (Lipinski definition) is 2. The number of ether oxygens (including phenoxy) is 1. The van der Waals surface area contributed by atoms with Gasteiger partial charge in [0.15, 0.2) is 34.5 Å². The zero-order valence-corrected chi connectivity index (χ0v) is 9.74. The Morgan fingerprint density at radius 2 is 2.08 bits per heavy atom. The predicted octanol–water partition coefficient (Wildman–Crippen LogP) is 3.46. The zero-order chi connectivity index (χ0) is 9.68. The Hall–Kier alpha value is -0.710. The molecule has 0 unspecified atom stereocenters. The van der Waals surface area contributed by atoms with E-state index in [4.69, 9.17) is 7.80 Å². The van der Waals surface area contributed by atoms with Gasteiger partial charge < -0.3 is 7.80 Å². The molecule has 0 bridgehead atoms. The Bertz CT molecular complexity index is 308. The van der Waals surface area contributed by atoms with E-state index in [0.29, 0.717) is 0 Å². The van der Waals surface area contributed by atoms with Gasteiger partial charge in [-0.3, -0.25) is 0 Å². The highest BCUT2D eigenvalue weighted by molar-refractivity contribution is 14.1. The van der Waals surface area contributed by atoms with Crippen LogP contribution in [0.4, 0.5) is 0 Å². The van der Waals surface area contributed by atoms with Gasteiger partial charge in [0.2, 0.25) is 0 Å². The molecule has 2 nitrogen and oxygen atoms in total. The highest BCUT2D eigenvalue weighted by atomic mass is 127. The fourth-order valence-corrected chi connectivity index (χ4v) is 1.41. The molecular formula is C10H11IO2. The first-order valence-electron chi connectivity index (χ1n) is 3.91. The molecule has 0 heterocycles. The molecule has 13 heavy (non-hydrogen) atoms. The highest BCUT2D eigenvalue weighted by Gasteiger charge is 2.02. The molecule has 0 aliphatic rings. The van der Waals surface area contributed by atoms with E-state index in [-0.39, 0.29) is 0 Å². The van der Waals surface area contributed by atoms with Gasteiger partial charge in [0.1, 0.15) is 0 Å². The van der Waals surface area contributed by atoms with Crippen molar-refractivity contribution in [1.29, 1.82) is 0 Å². The Morgan fingerprint density at radius 1 is 1.31 bits per heavy atom. The van der Waals surface area contributed by atoms with E-state index >= 15 is 0 Å². The first kappa shape index (κ1) is 10.4. The summed E-state index contributed by atoms with van der Waals surface area (Å²) in [6.45, 7) is 1.98. The van der Waals surface area contributed by atoms with Crippen molar-refractivity contribution in [2.75, 3.05) is 7.11 Å². The number of rotatable bonds is 3. The number of allylic oxidation sites excluding steroid dienone is 1. The largest absolute Gasteiger partial charge is 0.493 e. The van der Waals surface area contributed by atoms with E-state index < -0.39 is 0 Å². The standard InChI is InChI=1S/C10H11IO2/c1-3-4-8-5-6-9(13-11)10(7-8)12-2/h3-7H,1-2H3/b4-3+. The van der Waals surface area contributed by atoms with Crippen molar-refractivity contribution in [2.45, 2.75) is 6.92 Å². The summed E-state index contributed by atoms with van der Waals surface area (Å²) in [5.41, 5.74) is 1.11. The molecule has 0 atom stereocenters. The van der Waals surface area contributed by atoms with Crippen LogP contribution < -0.4 is 7.80 Å². The van der Waals surface area contributed by atoms with E-state index in [1.54, 1.807) is 7.11 Å². The molecule has 0 radical (unpaired) electrons. The van der Waals surface area contributed by atoms with Gasteiger partial charge in [-0.25, -0.2) is 0 Å². The lowest BCUT2D eigenvalue weighted by Crippen LogP contribution is -1.86. The third kappa shape index (κ3) is 2.62. The smallest absolute Gasteiger partial charge is 0.192 e. The summed E-state index contributed by atoms with van der Waals surface area (Å²) in [7, 11) is 1.63. The predicted molar refractivity (Wildman–Crippen MR) is 62.4 cm³/mol. The lowest BCUT2D eigenvalue weighted by Gasteiger charge is -2.05. The Kier molecular flexibility index (Phi) is 4.08. The van der Waals surface area contributed by atoms with Crippen LogP contribution >= 0.6 is 23.0 Å². The van der Waals surface area contributed by atoms with E-state index in [0.717, 1.165) is 17.1 Å². The summed E-state index contributed by atoms with van der Waals surface area (Å²) in [6.07, 6.45) is 4.00. The van der Waals surface area contributed by atoms with Crippen molar-refractivity contribution in [3.05, 3.63) is 29.8 Å². The highest BCUT2D eigenvalue weighted by Crippen LogP contribution is 2.29. The van der Waals surface area contributed by atoms with Crippen LogP contribution in [0.25, 0.3) is 6.08 Å². The molecule has 1 aromatic rings. The van der Waals surface area contributed by atoms with E-state index in [9.17, 15) is 0 Å². The minimum atomic E-state index is 0.747. The second-order valence-corrected chi connectivity index (χ2v) is 2.93. The molecular weight excluding hydrogens is 279 g/mol. The van der Waals surface area contributed by atoms with Gasteiger partial charge in [-0.2, -0.15) is 0 Å². The van der Waals surface area contributed by atoms with Crippen molar-refractivity contribution in [3.8, 4) is 11.5 Å². The maximum absolute atomic E-state index is 5.16. The van der Waals surface area contributed by atoms with Gasteiger partial charge in [0.25, 0.3) is 0 Å². The summed E-state index contributed by atoms with van der Waals surface area (Å²) in [4.78, 5) is 0. The van der Waals surface area contributed by atoms with Gasteiger partial charge >= 0.3 is 0 Å². The monoisotopic (exact) mass is 290 g/mol. The summed E-state index contributed by atoms with van der Waals surface area (Å²) >= 11 is 1.84. The minimum absolute atomic E-state index is 0.747. The van der Waals surface area contributed by atoms with Gasteiger partial charge in [-0.05, 0) is 24.6 Å². The quantitative estimate of drug-likeness (QED) is 0.794. The molecule has 0 amide bonds. The second kappa shape index (κ2) is 5.11. The average Bonchev–Trinajstić information content (AvgIpc) is 2.18. The van der Waals surface area contributed by atoms with E-state index in [1.165, 1.54) is 0 Å². The van der Waals surface area contributed by atoms with Gasteiger partial charge in [0, 0.05) is 0 Å². The van der Waals surface area contributed by atoms with Crippen LogP contribution in [0.3, 0.4) is 0 Å². The van der Waals surface area contributed by atoms with Crippen molar-refractivity contribution in [1.82, 2.24) is 0 Å². The van der Waals surface area contributed by atoms with Crippen molar-refractivity contribution < 1.29 is 7.80 Å². The molecule has 70 valence electrons. The molecule has 0 N–H and O–H groups in total. The van der Waals surface area contributed by atoms with Gasteiger partial charge in [-0.15, -0.1) is 0 Å². The summed E-state index contributed by atoms with van der Waals surface area (Å²) < 4.78 is 10.2. The van der Waals surface area contributed by atoms with Crippen LogP contribution in [0, 0.1) is 0 Å². The number of benzene rings is 1. The molecule has 0 spiro atoms. The number of halogens is 1. The topological polar surface area (TPSA) is 18.5 Å². The maximum Gasteiger partial charge on any atom is 0.192 e. The number of methoxy groups -OCH3 is 1. The first-order valence-corrected chi connectivity index (χ1v) is 4.79. The average molecular weight is 290 g/mol. The Balaban J connectivity index is 3.05. The van der Waals surface area contributed by atoms with Crippen LogP contribution in [-0.4, -0.2) is 7.11 Å². The number of hydrogen-bond donors (Lipinski definition) is 0. The lowest BCUT2D eigenvalue weighted by atomic mass is 10.2. The molecule has 0 aliphatic carbocycles. The lowest BCUT2D eigenvalue weighted by molar-refractivity contribution is 0.403. The van der Waals surface area contributed by atoms with Crippen LogP contribution in [0.5, 0.6) is 11.5 Å². The zero-order valence-electron chi connectivity index (χ0n) is 7.58.